The first-order valence-electron chi connectivity index (χ1n) is 7.09. The predicted molar refractivity (Wildman–Crippen MR) is 85.2 cm³/mol. The third kappa shape index (κ3) is 3.24. The van der Waals surface area contributed by atoms with E-state index < -0.39 is 0 Å². The van der Waals surface area contributed by atoms with Gasteiger partial charge in [0, 0.05) is 11.6 Å². The van der Waals surface area contributed by atoms with E-state index in [1.54, 1.807) is 13.2 Å². The Hall–Kier alpha value is -2.31. The Morgan fingerprint density at radius 3 is 2.67 bits per heavy atom. The molecule has 0 radical (unpaired) electrons. The van der Waals surface area contributed by atoms with Crippen molar-refractivity contribution >= 4 is 0 Å². The summed E-state index contributed by atoms with van der Waals surface area (Å²) in [6, 6.07) is 16.4. The molecule has 1 unspecified atom stereocenters. The largest absolute Gasteiger partial charge is 0.496 e. The molecule has 2 aromatic carbocycles. The molecule has 0 aliphatic carbocycles. The minimum Gasteiger partial charge on any atom is -0.496 e. The van der Waals surface area contributed by atoms with Gasteiger partial charge in [0.1, 0.15) is 5.75 Å². The van der Waals surface area contributed by atoms with Crippen LogP contribution in [0.2, 0.25) is 0 Å². The molecule has 0 spiro atoms. The average Bonchev–Trinajstić information content (AvgIpc) is 2.55. The van der Waals surface area contributed by atoms with Crippen LogP contribution in [0.3, 0.4) is 0 Å². The first kappa shape index (κ1) is 15.1. The van der Waals surface area contributed by atoms with Gasteiger partial charge in [0.2, 0.25) is 0 Å². The highest BCUT2D eigenvalue weighted by atomic mass is 16.5. The quantitative estimate of drug-likeness (QED) is 0.903. The van der Waals surface area contributed by atoms with Crippen molar-refractivity contribution in [1.82, 2.24) is 5.32 Å². The van der Waals surface area contributed by atoms with Crippen molar-refractivity contribution < 1.29 is 4.74 Å². The highest BCUT2D eigenvalue weighted by Gasteiger charge is 2.11. The van der Waals surface area contributed by atoms with Crippen molar-refractivity contribution in [2.24, 2.45) is 0 Å². The van der Waals surface area contributed by atoms with Crippen molar-refractivity contribution in [3.63, 3.8) is 0 Å². The second kappa shape index (κ2) is 6.92. The summed E-state index contributed by atoms with van der Waals surface area (Å²) >= 11 is 0. The molecule has 0 amide bonds. The van der Waals surface area contributed by atoms with Crippen LogP contribution in [0.1, 0.15) is 30.5 Å². The molecule has 0 saturated heterocycles. The molecule has 21 heavy (non-hydrogen) atoms. The number of nitrogens with one attached hydrogen (secondary N) is 1. The predicted octanol–water partition coefficient (Wildman–Crippen LogP) is 3.90. The standard InChI is InChI=1S/C18H20N2O/c1-4-17(20-2)15-7-5-6-14(11-15)16-10-13(12-19)8-9-18(16)21-3/h5-11,17,20H,4H2,1-3H3. The second-order valence-corrected chi connectivity index (χ2v) is 4.90. The van der Waals surface area contributed by atoms with Crippen molar-refractivity contribution in [2.45, 2.75) is 19.4 Å². The van der Waals surface area contributed by atoms with Gasteiger partial charge in [0.25, 0.3) is 0 Å². The van der Waals surface area contributed by atoms with Gasteiger partial charge in [0.05, 0.1) is 18.7 Å². The third-order valence-corrected chi connectivity index (χ3v) is 3.69. The summed E-state index contributed by atoms with van der Waals surface area (Å²) in [6.07, 6.45) is 1.02. The number of hydrogen-bond donors (Lipinski definition) is 1. The van der Waals surface area contributed by atoms with E-state index >= 15 is 0 Å². The summed E-state index contributed by atoms with van der Waals surface area (Å²) < 4.78 is 5.43. The molecule has 0 heterocycles. The summed E-state index contributed by atoms with van der Waals surface area (Å²) in [7, 11) is 3.62. The van der Waals surface area contributed by atoms with Gasteiger partial charge >= 0.3 is 0 Å². The molecule has 108 valence electrons. The van der Waals surface area contributed by atoms with Gasteiger partial charge < -0.3 is 10.1 Å². The van der Waals surface area contributed by atoms with Crippen molar-refractivity contribution in [3.05, 3.63) is 53.6 Å². The summed E-state index contributed by atoms with van der Waals surface area (Å²) in [5.41, 5.74) is 3.89. The SMILES string of the molecule is CCC(NC)c1cccc(-c2cc(C#N)ccc2OC)c1. The monoisotopic (exact) mass is 280 g/mol. The van der Waals surface area contributed by atoms with E-state index in [1.165, 1.54) is 5.56 Å². The Morgan fingerprint density at radius 2 is 2.05 bits per heavy atom. The van der Waals surface area contributed by atoms with Crippen LogP contribution in [0.15, 0.2) is 42.5 Å². The maximum atomic E-state index is 9.09. The van der Waals surface area contributed by atoms with Crippen LogP contribution in [0.5, 0.6) is 5.75 Å². The lowest BCUT2D eigenvalue weighted by Gasteiger charge is -2.16. The summed E-state index contributed by atoms with van der Waals surface area (Å²) in [4.78, 5) is 0. The van der Waals surface area contributed by atoms with Gasteiger partial charge in [-0.05, 0) is 48.9 Å². The number of rotatable bonds is 5. The lowest BCUT2D eigenvalue weighted by molar-refractivity contribution is 0.416. The maximum Gasteiger partial charge on any atom is 0.126 e. The van der Waals surface area contributed by atoms with Crippen LogP contribution in [0.4, 0.5) is 0 Å². The Kier molecular flexibility index (Phi) is 4.97. The zero-order valence-electron chi connectivity index (χ0n) is 12.7. The summed E-state index contributed by atoms with van der Waals surface area (Å²) in [5.74, 6) is 0.781. The highest BCUT2D eigenvalue weighted by molar-refractivity contribution is 5.72. The first-order chi connectivity index (χ1) is 10.2. The lowest BCUT2D eigenvalue weighted by Crippen LogP contribution is -2.15. The van der Waals surface area contributed by atoms with Crippen LogP contribution in [0.25, 0.3) is 11.1 Å². The zero-order chi connectivity index (χ0) is 15.2. The maximum absolute atomic E-state index is 9.09. The molecular weight excluding hydrogens is 260 g/mol. The summed E-state index contributed by atoms with van der Waals surface area (Å²) in [5, 5.41) is 12.4. The molecule has 2 rings (SSSR count). The van der Waals surface area contributed by atoms with Crippen LogP contribution in [0, 0.1) is 11.3 Å². The van der Waals surface area contributed by atoms with Gasteiger partial charge in [-0.25, -0.2) is 0 Å². The van der Waals surface area contributed by atoms with Crippen molar-refractivity contribution in [3.8, 4) is 22.9 Å². The zero-order valence-corrected chi connectivity index (χ0v) is 12.7. The molecule has 2 aromatic rings. The Labute approximate surface area is 126 Å². The van der Waals surface area contributed by atoms with Crippen molar-refractivity contribution in [1.29, 1.82) is 5.26 Å². The van der Waals surface area contributed by atoms with Crippen LogP contribution in [-0.2, 0) is 0 Å². The average molecular weight is 280 g/mol. The molecule has 1 atom stereocenters. The molecule has 0 aliphatic heterocycles. The van der Waals surface area contributed by atoms with Crippen molar-refractivity contribution in [2.75, 3.05) is 14.2 Å². The molecule has 0 aromatic heterocycles. The number of methoxy groups -OCH3 is 1. The molecule has 0 aliphatic rings. The molecule has 0 saturated carbocycles. The fourth-order valence-electron chi connectivity index (χ4n) is 2.53. The van der Waals surface area contributed by atoms with Gasteiger partial charge in [-0.1, -0.05) is 25.1 Å². The number of nitriles is 1. The van der Waals surface area contributed by atoms with E-state index in [4.69, 9.17) is 10.00 Å². The second-order valence-electron chi connectivity index (χ2n) is 4.90. The highest BCUT2D eigenvalue weighted by Crippen LogP contribution is 2.32. The van der Waals surface area contributed by atoms with Crippen LogP contribution >= 0.6 is 0 Å². The molecule has 3 nitrogen and oxygen atoms in total. The minimum absolute atomic E-state index is 0.329. The topological polar surface area (TPSA) is 45.0 Å². The molecule has 3 heteroatoms. The van der Waals surface area contributed by atoms with E-state index in [2.05, 4.69) is 30.4 Å². The number of benzene rings is 2. The van der Waals surface area contributed by atoms with Crippen LogP contribution < -0.4 is 10.1 Å². The van der Waals surface area contributed by atoms with Crippen LogP contribution in [-0.4, -0.2) is 14.2 Å². The molecular formula is C18H20N2O. The molecule has 1 N–H and O–H groups in total. The van der Waals surface area contributed by atoms with E-state index in [-0.39, 0.29) is 0 Å². The minimum atomic E-state index is 0.329. The van der Waals surface area contributed by atoms with Gasteiger partial charge in [-0.15, -0.1) is 0 Å². The third-order valence-electron chi connectivity index (χ3n) is 3.69. The number of hydrogen-bond acceptors (Lipinski definition) is 3. The Bertz CT molecular complexity index is 655. The fraction of sp³-hybridized carbons (Fsp3) is 0.278. The van der Waals surface area contributed by atoms with Gasteiger partial charge in [-0.2, -0.15) is 5.26 Å². The smallest absolute Gasteiger partial charge is 0.126 e. The number of nitrogens with zero attached hydrogens (tertiary/aromatic N) is 1. The van der Waals surface area contributed by atoms with Gasteiger partial charge in [-0.3, -0.25) is 0 Å². The fourth-order valence-corrected chi connectivity index (χ4v) is 2.53. The Morgan fingerprint density at radius 1 is 1.24 bits per heavy atom. The normalized spacial score (nSPS) is 11.7. The van der Waals surface area contributed by atoms with E-state index in [0.29, 0.717) is 11.6 Å². The molecule has 0 fully saturated rings. The first-order valence-corrected chi connectivity index (χ1v) is 7.09. The molecule has 0 bridgehead atoms. The summed E-state index contributed by atoms with van der Waals surface area (Å²) in [6.45, 7) is 2.16. The lowest BCUT2D eigenvalue weighted by atomic mass is 9.97. The number of ether oxygens (including phenoxy) is 1. The van der Waals surface area contributed by atoms with E-state index in [0.717, 1.165) is 23.3 Å². The van der Waals surface area contributed by atoms with E-state index in [9.17, 15) is 0 Å². The van der Waals surface area contributed by atoms with Gasteiger partial charge in [0.15, 0.2) is 0 Å². The Balaban J connectivity index is 2.51. The van der Waals surface area contributed by atoms with E-state index in [1.807, 2.05) is 31.3 Å².